The molecule has 0 spiro atoms. The highest BCUT2D eigenvalue weighted by Crippen LogP contribution is 2.66. The standard InChI is InChI=1S/C34H41F3O14S/c1-16-21(47-17(2)38)14-33(43)28(49-29(42)20-11-9-8-10-12-20)26-31(7,27(41)25(48-18(3)39)24(16)30(33,5)6)22(51-52(44,45)34(35,36)37)13-23-32(26,15-46-23)50-19(4)40/h8-12,21-23,25-28,41,43H,13-15H2,1-7H3/t21-,22-,23+,25+,26-,27-,28-,31+,32-,33+/m0/s1. The molecule has 0 amide bonds. The Balaban J connectivity index is 1.91. The predicted octanol–water partition coefficient (Wildman–Crippen LogP) is 2.89. The maximum atomic E-state index is 14.0. The normalized spacial score (nSPS) is 36.8. The summed E-state index contributed by atoms with van der Waals surface area (Å²) in [5.41, 5.74) is -14.5. The number of hydrogen-bond acceptors (Lipinski definition) is 14. The molecule has 1 aliphatic heterocycles. The summed E-state index contributed by atoms with van der Waals surface area (Å²) >= 11 is 0. The Kier molecular flexibility index (Phi) is 9.96. The van der Waals surface area contributed by atoms with E-state index >= 15 is 0 Å². The van der Waals surface area contributed by atoms with E-state index < -0.39 is 124 Å². The first-order chi connectivity index (χ1) is 23.8. The van der Waals surface area contributed by atoms with Crippen molar-refractivity contribution in [2.24, 2.45) is 16.7 Å². The van der Waals surface area contributed by atoms with Crippen LogP contribution in [0.3, 0.4) is 0 Å². The lowest BCUT2D eigenvalue weighted by Crippen LogP contribution is -2.82. The van der Waals surface area contributed by atoms with Crippen molar-refractivity contribution in [3.05, 3.63) is 47.0 Å². The van der Waals surface area contributed by atoms with E-state index in [1.54, 1.807) is 6.07 Å². The molecule has 0 radical (unpaired) electrons. The summed E-state index contributed by atoms with van der Waals surface area (Å²) in [6.45, 7) is 8.13. The minimum Gasteiger partial charge on any atom is -0.458 e. The van der Waals surface area contributed by atoms with Gasteiger partial charge in [0, 0.05) is 44.4 Å². The molecule has 2 saturated carbocycles. The van der Waals surface area contributed by atoms with Crippen LogP contribution in [0.5, 0.6) is 0 Å². The lowest BCUT2D eigenvalue weighted by Gasteiger charge is -2.69. The van der Waals surface area contributed by atoms with Crippen LogP contribution in [0.15, 0.2) is 41.5 Å². The minimum atomic E-state index is -6.43. The summed E-state index contributed by atoms with van der Waals surface area (Å²) in [6, 6.07) is 7.38. The summed E-state index contributed by atoms with van der Waals surface area (Å²) in [7, 11) is -6.43. The summed E-state index contributed by atoms with van der Waals surface area (Å²) in [6.07, 6.45) is -12.3. The Labute approximate surface area is 297 Å². The highest BCUT2D eigenvalue weighted by atomic mass is 32.2. The van der Waals surface area contributed by atoms with E-state index in [1.165, 1.54) is 45.0 Å². The van der Waals surface area contributed by atoms with Crippen molar-refractivity contribution >= 4 is 34.0 Å². The molecular weight excluding hydrogens is 721 g/mol. The number of rotatable bonds is 7. The predicted molar refractivity (Wildman–Crippen MR) is 169 cm³/mol. The molecule has 3 fully saturated rings. The summed E-state index contributed by atoms with van der Waals surface area (Å²) in [5, 5.41) is 25.9. The number of carbonyl (C=O) groups is 4. The molecule has 2 bridgehead atoms. The van der Waals surface area contributed by atoms with Gasteiger partial charge in [0.05, 0.1) is 24.2 Å². The number of aliphatic hydroxyl groups excluding tert-OH is 1. The molecule has 14 nitrogen and oxygen atoms in total. The van der Waals surface area contributed by atoms with Gasteiger partial charge in [-0.05, 0) is 30.2 Å². The molecule has 18 heteroatoms. The first-order valence-electron chi connectivity index (χ1n) is 16.4. The van der Waals surface area contributed by atoms with Crippen molar-refractivity contribution in [2.75, 3.05) is 6.61 Å². The Morgan fingerprint density at radius 2 is 1.54 bits per heavy atom. The molecule has 288 valence electrons. The van der Waals surface area contributed by atoms with Crippen molar-refractivity contribution in [1.82, 2.24) is 0 Å². The lowest BCUT2D eigenvalue weighted by atomic mass is 9.44. The van der Waals surface area contributed by atoms with Crippen molar-refractivity contribution in [3.8, 4) is 0 Å². The van der Waals surface area contributed by atoms with Crippen LogP contribution in [0.1, 0.15) is 71.7 Å². The van der Waals surface area contributed by atoms with Crippen LogP contribution in [0.25, 0.3) is 0 Å². The van der Waals surface area contributed by atoms with Crippen LogP contribution in [0, 0.1) is 16.7 Å². The third-order valence-corrected chi connectivity index (χ3v) is 12.3. The first-order valence-corrected chi connectivity index (χ1v) is 17.8. The second-order valence-corrected chi connectivity index (χ2v) is 16.1. The number of esters is 4. The molecular formula is C34H41F3O14S. The number of aliphatic hydroxyl groups is 2. The number of ether oxygens (including phenoxy) is 5. The third kappa shape index (κ3) is 6.09. The smallest absolute Gasteiger partial charge is 0.458 e. The SMILES string of the molecule is CC(=O)O[C@H]1C[C@@]2(O)[C@@H](OC(=O)c3ccccc3)[C@@H]3[C@]4(OC(C)=O)CO[C@@H]4C[C@H](OS(=O)(=O)C(F)(F)F)[C@@]3(C)[C@@H](O)[C@H](OC(C)=O)C(=C1C)C2(C)C. The molecule has 3 aliphatic carbocycles. The summed E-state index contributed by atoms with van der Waals surface area (Å²) < 4.78 is 101. The number of fused-ring (bicyclic) bond motifs is 5. The molecule has 1 aromatic carbocycles. The second-order valence-electron chi connectivity index (χ2n) is 14.5. The van der Waals surface area contributed by atoms with E-state index in [0.717, 1.165) is 27.7 Å². The summed E-state index contributed by atoms with van der Waals surface area (Å²) in [5.74, 6) is -5.67. The number of hydrogen-bond donors (Lipinski definition) is 2. The monoisotopic (exact) mass is 762 g/mol. The largest absolute Gasteiger partial charge is 0.523 e. The average Bonchev–Trinajstić information content (AvgIpc) is 3.01. The average molecular weight is 763 g/mol. The number of carbonyl (C=O) groups excluding carboxylic acids is 4. The van der Waals surface area contributed by atoms with E-state index in [4.69, 9.17) is 27.9 Å². The molecule has 52 heavy (non-hydrogen) atoms. The highest BCUT2D eigenvalue weighted by molar-refractivity contribution is 7.87. The van der Waals surface area contributed by atoms with Gasteiger partial charge >= 0.3 is 39.5 Å². The van der Waals surface area contributed by atoms with Crippen LogP contribution in [0.4, 0.5) is 13.2 Å². The number of halogens is 3. The maximum absolute atomic E-state index is 14.0. The van der Waals surface area contributed by atoms with Crippen molar-refractivity contribution < 1.29 is 78.8 Å². The lowest BCUT2D eigenvalue weighted by molar-refractivity contribution is -0.363. The van der Waals surface area contributed by atoms with Crippen LogP contribution >= 0.6 is 0 Å². The van der Waals surface area contributed by atoms with Crippen molar-refractivity contribution in [2.45, 2.75) is 115 Å². The number of alkyl halides is 3. The fourth-order valence-electron chi connectivity index (χ4n) is 8.79. The third-order valence-electron chi connectivity index (χ3n) is 11.2. The van der Waals surface area contributed by atoms with Gasteiger partial charge in [-0.2, -0.15) is 21.6 Å². The zero-order valence-electron chi connectivity index (χ0n) is 29.4. The molecule has 1 saturated heterocycles. The second kappa shape index (κ2) is 13.1. The Bertz CT molecular complexity index is 1780. The van der Waals surface area contributed by atoms with Gasteiger partial charge in [0.25, 0.3) is 0 Å². The van der Waals surface area contributed by atoms with Crippen LogP contribution in [-0.2, 0) is 52.4 Å². The quantitative estimate of drug-likeness (QED) is 0.135. The van der Waals surface area contributed by atoms with Crippen molar-refractivity contribution in [1.29, 1.82) is 0 Å². The van der Waals surface area contributed by atoms with Gasteiger partial charge in [-0.3, -0.25) is 18.6 Å². The Morgan fingerprint density at radius 3 is 2.04 bits per heavy atom. The minimum absolute atomic E-state index is 0.0449. The van der Waals surface area contributed by atoms with Gasteiger partial charge in [-0.15, -0.1) is 0 Å². The first kappa shape index (κ1) is 39.6. The molecule has 2 N–H and O–H groups in total. The fraction of sp³-hybridized carbons (Fsp3) is 0.647. The van der Waals surface area contributed by atoms with Crippen LogP contribution in [-0.4, -0.2) is 102 Å². The van der Waals surface area contributed by atoms with E-state index in [0.29, 0.717) is 0 Å². The molecule has 0 unspecified atom stereocenters. The van der Waals surface area contributed by atoms with Gasteiger partial charge in [0.2, 0.25) is 0 Å². The number of benzene rings is 1. The van der Waals surface area contributed by atoms with E-state index in [-0.39, 0.29) is 16.7 Å². The molecule has 1 heterocycles. The molecule has 1 aromatic rings. The maximum Gasteiger partial charge on any atom is 0.523 e. The molecule has 0 aromatic heterocycles. The van der Waals surface area contributed by atoms with Crippen molar-refractivity contribution in [3.63, 3.8) is 0 Å². The fourth-order valence-corrected chi connectivity index (χ4v) is 9.49. The molecule has 4 aliphatic rings. The molecule has 5 rings (SSSR count). The summed E-state index contributed by atoms with van der Waals surface area (Å²) in [4.78, 5) is 52.0. The zero-order valence-corrected chi connectivity index (χ0v) is 30.2. The van der Waals surface area contributed by atoms with E-state index in [1.807, 2.05) is 0 Å². The van der Waals surface area contributed by atoms with Gasteiger partial charge in [-0.25, -0.2) is 4.79 Å². The zero-order chi connectivity index (χ0) is 39.0. The Hall–Kier alpha value is -3.58. The molecule has 10 atom stereocenters. The van der Waals surface area contributed by atoms with Crippen LogP contribution in [0.2, 0.25) is 0 Å². The highest BCUT2D eigenvalue weighted by Gasteiger charge is 2.79. The van der Waals surface area contributed by atoms with Gasteiger partial charge in [0.15, 0.2) is 11.7 Å². The van der Waals surface area contributed by atoms with Gasteiger partial charge in [-0.1, -0.05) is 39.0 Å². The Morgan fingerprint density at radius 1 is 0.942 bits per heavy atom. The van der Waals surface area contributed by atoms with Gasteiger partial charge in [0.1, 0.15) is 30.0 Å². The van der Waals surface area contributed by atoms with Gasteiger partial charge < -0.3 is 33.9 Å². The van der Waals surface area contributed by atoms with Crippen LogP contribution < -0.4 is 0 Å². The van der Waals surface area contributed by atoms with E-state index in [2.05, 4.69) is 0 Å². The van der Waals surface area contributed by atoms with E-state index in [9.17, 15) is 51.0 Å². The topological polar surface area (TPSA) is 198 Å².